The molecule has 1 aromatic heterocycles. The summed E-state index contributed by atoms with van der Waals surface area (Å²) in [6.07, 6.45) is 1.83. The summed E-state index contributed by atoms with van der Waals surface area (Å²) in [5, 5.41) is 9.16. The Morgan fingerprint density at radius 1 is 1.75 bits per heavy atom. The molecular formula is C9H13N3O2S2. The Balaban J connectivity index is 1.99. The van der Waals surface area contributed by atoms with E-state index in [4.69, 9.17) is 10.8 Å². The van der Waals surface area contributed by atoms with E-state index in [1.807, 2.05) is 6.92 Å². The van der Waals surface area contributed by atoms with Crippen molar-refractivity contribution in [2.75, 3.05) is 5.75 Å². The minimum absolute atomic E-state index is 0.117. The van der Waals surface area contributed by atoms with Crippen LogP contribution in [0.1, 0.15) is 18.7 Å². The van der Waals surface area contributed by atoms with E-state index in [-0.39, 0.29) is 5.92 Å². The van der Waals surface area contributed by atoms with E-state index in [1.54, 1.807) is 0 Å². The van der Waals surface area contributed by atoms with E-state index in [0.29, 0.717) is 5.75 Å². The molecule has 1 saturated carbocycles. The maximum absolute atomic E-state index is 11.2. The van der Waals surface area contributed by atoms with Gasteiger partial charge in [0.15, 0.2) is 4.34 Å². The van der Waals surface area contributed by atoms with Crippen LogP contribution in [0.5, 0.6) is 0 Å². The highest BCUT2D eigenvalue weighted by Crippen LogP contribution is 2.41. The molecule has 88 valence electrons. The van der Waals surface area contributed by atoms with Crippen molar-refractivity contribution in [3.8, 4) is 0 Å². The molecule has 1 aliphatic carbocycles. The first-order chi connectivity index (χ1) is 7.52. The summed E-state index contributed by atoms with van der Waals surface area (Å²) in [4.78, 5) is 15.3. The topological polar surface area (TPSA) is 89.1 Å². The van der Waals surface area contributed by atoms with Crippen molar-refractivity contribution < 1.29 is 9.90 Å². The fraction of sp³-hybridized carbons (Fsp3) is 0.667. The van der Waals surface area contributed by atoms with Gasteiger partial charge >= 0.3 is 5.97 Å². The van der Waals surface area contributed by atoms with Crippen LogP contribution in [0, 0.1) is 12.8 Å². The number of nitrogens with two attached hydrogens (primary N) is 1. The van der Waals surface area contributed by atoms with Crippen LogP contribution in [-0.2, 0) is 4.79 Å². The van der Waals surface area contributed by atoms with Crippen molar-refractivity contribution in [3.05, 3.63) is 5.82 Å². The summed E-state index contributed by atoms with van der Waals surface area (Å²) in [5.41, 5.74) is 4.83. The maximum atomic E-state index is 11.2. The first-order valence-corrected chi connectivity index (χ1v) is 6.73. The van der Waals surface area contributed by atoms with E-state index in [9.17, 15) is 4.79 Å². The molecule has 1 fully saturated rings. The average Bonchev–Trinajstić information content (AvgIpc) is 2.99. The molecule has 3 N–H and O–H groups in total. The van der Waals surface area contributed by atoms with Crippen LogP contribution in [0.25, 0.3) is 0 Å². The monoisotopic (exact) mass is 259 g/mol. The second-order valence-electron chi connectivity index (χ2n) is 4.02. The fourth-order valence-corrected chi connectivity index (χ4v) is 3.31. The van der Waals surface area contributed by atoms with Crippen molar-refractivity contribution in [1.29, 1.82) is 0 Å². The van der Waals surface area contributed by atoms with Gasteiger partial charge < -0.3 is 10.8 Å². The summed E-state index contributed by atoms with van der Waals surface area (Å²) >= 11 is 2.67. The lowest BCUT2D eigenvalue weighted by molar-refractivity contribution is -0.143. The molecule has 0 amide bonds. The minimum Gasteiger partial charge on any atom is -0.480 e. The molecule has 0 bridgehead atoms. The molecular weight excluding hydrogens is 246 g/mol. The lowest BCUT2D eigenvalue weighted by atomic mass is 9.98. The number of aliphatic carboxylic acids is 1. The van der Waals surface area contributed by atoms with Crippen LogP contribution < -0.4 is 5.73 Å². The molecule has 1 aromatic rings. The van der Waals surface area contributed by atoms with Gasteiger partial charge in [-0.05, 0) is 37.2 Å². The van der Waals surface area contributed by atoms with Crippen molar-refractivity contribution in [2.45, 2.75) is 29.6 Å². The van der Waals surface area contributed by atoms with Gasteiger partial charge in [-0.15, -0.1) is 0 Å². The second-order valence-corrected chi connectivity index (χ2v) is 5.99. The average molecular weight is 259 g/mol. The van der Waals surface area contributed by atoms with Gasteiger partial charge in [0.25, 0.3) is 0 Å². The van der Waals surface area contributed by atoms with E-state index in [1.165, 1.54) is 23.3 Å². The van der Waals surface area contributed by atoms with Gasteiger partial charge in [0.05, 0.1) is 0 Å². The van der Waals surface area contributed by atoms with Crippen molar-refractivity contribution in [2.24, 2.45) is 11.7 Å². The Labute approximate surface area is 102 Å². The fourth-order valence-electron chi connectivity index (χ4n) is 1.47. The van der Waals surface area contributed by atoms with Gasteiger partial charge in [-0.3, -0.25) is 4.79 Å². The van der Waals surface area contributed by atoms with Gasteiger partial charge in [-0.25, -0.2) is 4.98 Å². The number of hydrogen-bond donors (Lipinski definition) is 2. The third kappa shape index (κ3) is 2.36. The van der Waals surface area contributed by atoms with Gasteiger partial charge in [-0.1, -0.05) is 11.8 Å². The van der Waals surface area contributed by atoms with Crippen LogP contribution in [0.15, 0.2) is 4.34 Å². The quantitative estimate of drug-likeness (QED) is 0.771. The lowest BCUT2D eigenvalue weighted by Gasteiger charge is -2.23. The lowest BCUT2D eigenvalue weighted by Crippen LogP contribution is -2.52. The summed E-state index contributed by atoms with van der Waals surface area (Å²) in [7, 11) is 0. The van der Waals surface area contributed by atoms with E-state index in [0.717, 1.165) is 23.0 Å². The van der Waals surface area contributed by atoms with Crippen LogP contribution in [0.4, 0.5) is 0 Å². The predicted molar refractivity (Wildman–Crippen MR) is 62.6 cm³/mol. The standard InChI is InChI=1S/C9H13N3O2S2/c1-5-11-8(16-12-5)15-4-9(10,7(13)14)6-2-3-6/h6H,2-4,10H2,1H3,(H,13,14). The molecule has 0 aliphatic heterocycles. The minimum atomic E-state index is -1.11. The van der Waals surface area contributed by atoms with Crippen molar-refractivity contribution in [3.63, 3.8) is 0 Å². The zero-order chi connectivity index (χ0) is 11.8. The number of carboxylic acids is 1. The molecule has 16 heavy (non-hydrogen) atoms. The van der Waals surface area contributed by atoms with Crippen LogP contribution in [0.2, 0.25) is 0 Å². The Bertz CT molecular complexity index is 405. The Kier molecular flexibility index (Phi) is 3.18. The molecule has 0 aromatic carbocycles. The van der Waals surface area contributed by atoms with E-state index < -0.39 is 11.5 Å². The van der Waals surface area contributed by atoms with Crippen molar-refractivity contribution in [1.82, 2.24) is 9.36 Å². The molecule has 0 radical (unpaired) electrons. The number of rotatable bonds is 5. The number of carboxylic acid groups (broad SMARTS) is 1. The van der Waals surface area contributed by atoms with E-state index >= 15 is 0 Å². The number of hydrogen-bond acceptors (Lipinski definition) is 6. The molecule has 2 rings (SSSR count). The van der Waals surface area contributed by atoms with Crippen LogP contribution in [-0.4, -0.2) is 31.7 Å². The molecule has 7 heteroatoms. The number of nitrogens with zero attached hydrogens (tertiary/aromatic N) is 2. The molecule has 1 atom stereocenters. The summed E-state index contributed by atoms with van der Waals surface area (Å²) in [5.74, 6) is 0.286. The number of thioether (sulfide) groups is 1. The molecule has 5 nitrogen and oxygen atoms in total. The Morgan fingerprint density at radius 2 is 2.44 bits per heavy atom. The third-order valence-electron chi connectivity index (χ3n) is 2.65. The third-order valence-corrected chi connectivity index (χ3v) is 4.79. The highest BCUT2D eigenvalue weighted by Gasteiger charge is 2.48. The first kappa shape index (κ1) is 11.8. The number of aromatic nitrogens is 2. The zero-order valence-electron chi connectivity index (χ0n) is 8.84. The summed E-state index contributed by atoms with van der Waals surface area (Å²) in [6, 6.07) is 0. The SMILES string of the molecule is Cc1nsc(SCC(N)(C(=O)O)C2CC2)n1. The normalized spacial score (nSPS) is 19.4. The highest BCUT2D eigenvalue weighted by molar-refractivity contribution is 8.01. The van der Waals surface area contributed by atoms with Crippen LogP contribution in [0.3, 0.4) is 0 Å². The van der Waals surface area contributed by atoms with Gasteiger partial charge in [0, 0.05) is 5.75 Å². The smallest absolute Gasteiger partial charge is 0.324 e. The Hall–Kier alpha value is -0.660. The summed E-state index contributed by atoms with van der Waals surface area (Å²) < 4.78 is 4.83. The maximum Gasteiger partial charge on any atom is 0.324 e. The van der Waals surface area contributed by atoms with Crippen molar-refractivity contribution >= 4 is 29.3 Å². The predicted octanol–water partition coefficient (Wildman–Crippen LogP) is 1.13. The molecule has 0 spiro atoms. The van der Waals surface area contributed by atoms with Gasteiger partial charge in [0.1, 0.15) is 11.4 Å². The summed E-state index contributed by atoms with van der Waals surface area (Å²) in [6.45, 7) is 1.81. The van der Waals surface area contributed by atoms with E-state index in [2.05, 4.69) is 9.36 Å². The molecule has 0 saturated heterocycles. The van der Waals surface area contributed by atoms with Gasteiger partial charge in [0.2, 0.25) is 0 Å². The van der Waals surface area contributed by atoms with Gasteiger partial charge in [-0.2, -0.15) is 4.37 Å². The second kappa shape index (κ2) is 4.31. The highest BCUT2D eigenvalue weighted by atomic mass is 32.2. The number of aryl methyl sites for hydroxylation is 1. The zero-order valence-corrected chi connectivity index (χ0v) is 10.5. The Morgan fingerprint density at radius 3 is 2.88 bits per heavy atom. The largest absolute Gasteiger partial charge is 0.480 e. The molecule has 1 unspecified atom stereocenters. The van der Waals surface area contributed by atoms with Crippen LogP contribution >= 0.6 is 23.3 Å². The molecule has 1 aliphatic rings. The molecule has 1 heterocycles. The first-order valence-electron chi connectivity index (χ1n) is 4.98. The number of carbonyl (C=O) groups is 1.